The lowest BCUT2D eigenvalue weighted by Crippen LogP contribution is -2.31. The van der Waals surface area contributed by atoms with Gasteiger partial charge in [0.2, 0.25) is 0 Å². The van der Waals surface area contributed by atoms with Gasteiger partial charge in [-0.15, -0.1) is 0 Å². The third kappa shape index (κ3) is 3.89. The van der Waals surface area contributed by atoms with Gasteiger partial charge in [-0.1, -0.05) is 13.0 Å². The van der Waals surface area contributed by atoms with Crippen LogP contribution >= 0.6 is 0 Å². The quantitative estimate of drug-likeness (QED) is 0.746. The van der Waals surface area contributed by atoms with E-state index < -0.39 is 0 Å². The average Bonchev–Trinajstić information content (AvgIpc) is 2.54. The summed E-state index contributed by atoms with van der Waals surface area (Å²) in [5, 5.41) is 1.09. The first kappa shape index (κ1) is 15.7. The van der Waals surface area contributed by atoms with Gasteiger partial charge in [-0.25, -0.2) is 9.97 Å². The number of hydrogen-bond donors (Lipinski definition) is 0. The molecular weight excluding hydrogens is 266 g/mol. The number of hydrogen-bond acceptors (Lipinski definition) is 5. The molecule has 5 heteroatoms. The summed E-state index contributed by atoms with van der Waals surface area (Å²) >= 11 is 0. The SMILES string of the molecule is CCc1ccc2ncnc(N(CCOC)CCOC)c2c1. The molecule has 0 atom stereocenters. The van der Waals surface area contributed by atoms with Gasteiger partial charge in [0.05, 0.1) is 18.7 Å². The number of benzene rings is 1. The van der Waals surface area contributed by atoms with Gasteiger partial charge in [0.1, 0.15) is 12.1 Å². The first-order chi connectivity index (χ1) is 10.3. The van der Waals surface area contributed by atoms with Crippen molar-refractivity contribution >= 4 is 16.7 Å². The summed E-state index contributed by atoms with van der Waals surface area (Å²) in [5.41, 5.74) is 2.26. The van der Waals surface area contributed by atoms with E-state index in [-0.39, 0.29) is 0 Å². The maximum atomic E-state index is 5.20. The summed E-state index contributed by atoms with van der Waals surface area (Å²) in [6, 6.07) is 6.36. The maximum absolute atomic E-state index is 5.20. The molecule has 0 N–H and O–H groups in total. The second-order valence-electron chi connectivity index (χ2n) is 4.87. The Morgan fingerprint density at radius 2 is 1.76 bits per heavy atom. The molecule has 5 nitrogen and oxygen atoms in total. The van der Waals surface area contributed by atoms with Crippen LogP contribution in [0.15, 0.2) is 24.5 Å². The summed E-state index contributed by atoms with van der Waals surface area (Å²) in [6.45, 7) is 5.02. The number of rotatable bonds is 8. The summed E-state index contributed by atoms with van der Waals surface area (Å²) < 4.78 is 10.4. The van der Waals surface area contributed by atoms with Gasteiger partial charge in [-0.3, -0.25) is 0 Å². The van der Waals surface area contributed by atoms with Crippen molar-refractivity contribution in [3.8, 4) is 0 Å². The first-order valence-corrected chi connectivity index (χ1v) is 7.26. The Bertz CT molecular complexity index is 566. The van der Waals surface area contributed by atoms with Crippen molar-refractivity contribution in [1.29, 1.82) is 0 Å². The Kier molecular flexibility index (Phi) is 5.90. The van der Waals surface area contributed by atoms with E-state index in [1.165, 1.54) is 5.56 Å². The molecule has 0 amide bonds. The lowest BCUT2D eigenvalue weighted by atomic mass is 10.1. The van der Waals surface area contributed by atoms with Gasteiger partial charge < -0.3 is 14.4 Å². The van der Waals surface area contributed by atoms with Crippen molar-refractivity contribution in [2.75, 3.05) is 45.4 Å². The minimum atomic E-state index is 0.655. The van der Waals surface area contributed by atoms with Crippen LogP contribution in [0.1, 0.15) is 12.5 Å². The summed E-state index contributed by atoms with van der Waals surface area (Å²) in [6.07, 6.45) is 2.62. The molecule has 0 aliphatic heterocycles. The Labute approximate surface area is 125 Å². The number of fused-ring (bicyclic) bond motifs is 1. The van der Waals surface area contributed by atoms with Crippen molar-refractivity contribution in [2.45, 2.75) is 13.3 Å². The first-order valence-electron chi connectivity index (χ1n) is 7.26. The second-order valence-corrected chi connectivity index (χ2v) is 4.87. The highest BCUT2D eigenvalue weighted by Gasteiger charge is 2.12. The average molecular weight is 289 g/mol. The molecular formula is C16H23N3O2. The van der Waals surface area contributed by atoms with Gasteiger partial charge >= 0.3 is 0 Å². The molecule has 0 aliphatic carbocycles. The normalized spacial score (nSPS) is 11.0. The highest BCUT2D eigenvalue weighted by atomic mass is 16.5. The van der Waals surface area contributed by atoms with E-state index in [0.717, 1.165) is 36.2 Å². The van der Waals surface area contributed by atoms with Crippen LogP contribution < -0.4 is 4.90 Å². The van der Waals surface area contributed by atoms with E-state index in [9.17, 15) is 0 Å². The predicted molar refractivity (Wildman–Crippen MR) is 84.9 cm³/mol. The number of ether oxygens (including phenoxy) is 2. The van der Waals surface area contributed by atoms with E-state index in [4.69, 9.17) is 9.47 Å². The van der Waals surface area contributed by atoms with Crippen molar-refractivity contribution < 1.29 is 9.47 Å². The van der Waals surface area contributed by atoms with Crippen LogP contribution in [0.4, 0.5) is 5.82 Å². The summed E-state index contributed by atoms with van der Waals surface area (Å²) in [5.74, 6) is 0.949. The minimum absolute atomic E-state index is 0.655. The van der Waals surface area contributed by atoms with E-state index >= 15 is 0 Å². The van der Waals surface area contributed by atoms with Crippen LogP contribution in [0, 0.1) is 0 Å². The molecule has 0 fully saturated rings. The fourth-order valence-electron chi connectivity index (χ4n) is 2.29. The zero-order valence-electron chi connectivity index (χ0n) is 13.0. The molecule has 1 aromatic carbocycles. The third-order valence-corrected chi connectivity index (χ3v) is 3.52. The molecule has 2 aromatic rings. The Hall–Kier alpha value is -1.72. The van der Waals surface area contributed by atoms with E-state index in [0.29, 0.717) is 13.2 Å². The zero-order chi connectivity index (χ0) is 15.1. The van der Waals surface area contributed by atoms with Crippen molar-refractivity contribution in [3.63, 3.8) is 0 Å². The number of nitrogens with zero attached hydrogens (tertiary/aromatic N) is 3. The highest BCUT2D eigenvalue weighted by Crippen LogP contribution is 2.24. The summed E-state index contributed by atoms with van der Waals surface area (Å²) in [4.78, 5) is 11.0. The molecule has 2 rings (SSSR count). The summed E-state index contributed by atoms with van der Waals surface area (Å²) in [7, 11) is 3.42. The molecule has 0 spiro atoms. The third-order valence-electron chi connectivity index (χ3n) is 3.52. The van der Waals surface area contributed by atoms with Crippen LogP contribution in [0.25, 0.3) is 10.9 Å². The molecule has 0 unspecified atom stereocenters. The number of anilines is 1. The monoisotopic (exact) mass is 289 g/mol. The number of aromatic nitrogens is 2. The minimum Gasteiger partial charge on any atom is -0.383 e. The van der Waals surface area contributed by atoms with Gasteiger partial charge in [-0.05, 0) is 24.1 Å². The molecule has 0 saturated heterocycles. The Morgan fingerprint density at radius 3 is 2.38 bits per heavy atom. The molecule has 1 aromatic heterocycles. The van der Waals surface area contributed by atoms with Crippen LogP contribution in [0.2, 0.25) is 0 Å². The van der Waals surface area contributed by atoms with Crippen molar-refractivity contribution in [1.82, 2.24) is 9.97 Å². The topological polar surface area (TPSA) is 47.5 Å². The lowest BCUT2D eigenvalue weighted by molar-refractivity contribution is 0.190. The van der Waals surface area contributed by atoms with Crippen LogP contribution in [0.5, 0.6) is 0 Å². The molecule has 0 aliphatic rings. The van der Waals surface area contributed by atoms with Crippen LogP contribution in [-0.4, -0.2) is 50.5 Å². The van der Waals surface area contributed by atoms with Crippen LogP contribution in [0.3, 0.4) is 0 Å². The standard InChI is InChI=1S/C16H23N3O2/c1-4-13-5-6-15-14(11-13)16(18-12-17-15)19(7-9-20-2)8-10-21-3/h5-6,11-12H,4,7-10H2,1-3H3. The molecule has 1 heterocycles. The van der Waals surface area contributed by atoms with Gasteiger partial charge in [0, 0.05) is 32.7 Å². The molecule has 21 heavy (non-hydrogen) atoms. The molecule has 114 valence electrons. The molecule has 0 bridgehead atoms. The molecule has 0 radical (unpaired) electrons. The van der Waals surface area contributed by atoms with E-state index in [2.05, 4.69) is 40.0 Å². The molecule has 0 saturated carbocycles. The maximum Gasteiger partial charge on any atom is 0.140 e. The smallest absolute Gasteiger partial charge is 0.140 e. The largest absolute Gasteiger partial charge is 0.383 e. The number of aryl methyl sites for hydroxylation is 1. The highest BCUT2D eigenvalue weighted by molar-refractivity contribution is 5.89. The van der Waals surface area contributed by atoms with E-state index in [1.54, 1.807) is 20.5 Å². The Balaban J connectivity index is 2.39. The fraction of sp³-hybridized carbons (Fsp3) is 0.500. The van der Waals surface area contributed by atoms with Gasteiger partial charge in [-0.2, -0.15) is 0 Å². The predicted octanol–water partition coefficient (Wildman–Crippen LogP) is 2.29. The van der Waals surface area contributed by atoms with Crippen LogP contribution in [-0.2, 0) is 15.9 Å². The fourth-order valence-corrected chi connectivity index (χ4v) is 2.29. The van der Waals surface area contributed by atoms with Crippen molar-refractivity contribution in [3.05, 3.63) is 30.1 Å². The van der Waals surface area contributed by atoms with Gasteiger partial charge in [0.25, 0.3) is 0 Å². The van der Waals surface area contributed by atoms with E-state index in [1.807, 2.05) is 0 Å². The van der Waals surface area contributed by atoms with Crippen molar-refractivity contribution in [2.24, 2.45) is 0 Å². The second kappa shape index (κ2) is 7.90. The lowest BCUT2D eigenvalue weighted by Gasteiger charge is -2.24. The zero-order valence-corrected chi connectivity index (χ0v) is 13.0. The number of methoxy groups -OCH3 is 2. The van der Waals surface area contributed by atoms with Gasteiger partial charge in [0.15, 0.2) is 0 Å². The Morgan fingerprint density at radius 1 is 1.05 bits per heavy atom.